The van der Waals surface area contributed by atoms with E-state index in [0.29, 0.717) is 27.8 Å². The Morgan fingerprint density at radius 1 is 0.737 bits per heavy atom. The molecule has 1 saturated heterocycles. The zero-order chi connectivity index (χ0) is 27.0. The van der Waals surface area contributed by atoms with Gasteiger partial charge >= 0.3 is 5.97 Å². The van der Waals surface area contributed by atoms with E-state index >= 15 is 0 Å². The van der Waals surface area contributed by atoms with Gasteiger partial charge in [0.05, 0.1) is 11.8 Å². The van der Waals surface area contributed by atoms with Gasteiger partial charge in [-0.05, 0) is 36.1 Å². The first-order valence-corrected chi connectivity index (χ1v) is 13.1. The van der Waals surface area contributed by atoms with E-state index < -0.39 is 51.5 Å². The van der Waals surface area contributed by atoms with Crippen LogP contribution in [0.5, 0.6) is 0 Å². The molecule has 0 spiro atoms. The fourth-order valence-electron chi connectivity index (χ4n) is 6.34. The second-order valence-corrected chi connectivity index (χ2v) is 11.2. The summed E-state index contributed by atoms with van der Waals surface area (Å²) in [6.07, 6.45) is -1.11. The molecule has 1 heterocycles. The summed E-state index contributed by atoms with van der Waals surface area (Å²) in [6, 6.07) is 21.8. The summed E-state index contributed by atoms with van der Waals surface area (Å²) >= 11 is 14.8. The molecule has 6 nitrogen and oxygen atoms in total. The molecule has 0 radical (unpaired) electrons. The molecular weight excluding hydrogens is 525 g/mol. The molecule has 192 valence electrons. The van der Waals surface area contributed by atoms with Crippen molar-refractivity contribution < 1.29 is 23.9 Å². The Morgan fingerprint density at radius 3 is 1.55 bits per heavy atom. The number of ketones is 1. The van der Waals surface area contributed by atoms with Crippen LogP contribution in [0.25, 0.3) is 0 Å². The summed E-state index contributed by atoms with van der Waals surface area (Å²) in [5, 5.41) is 0. The Kier molecular flexibility index (Phi) is 5.57. The van der Waals surface area contributed by atoms with Gasteiger partial charge in [-0.1, -0.05) is 78.9 Å². The molecule has 2 bridgehead atoms. The maximum Gasteiger partial charge on any atom is 0.329 e. The van der Waals surface area contributed by atoms with Crippen molar-refractivity contribution in [1.29, 1.82) is 0 Å². The Hall–Kier alpha value is -3.48. The third-order valence-corrected chi connectivity index (χ3v) is 9.35. The second kappa shape index (κ2) is 8.52. The number of Topliss-reactive ketones (excluding diaryl/α,β-unsaturated/α-hetero) is 1. The molecule has 0 aromatic heterocycles. The number of carbonyl (C=O) groups excluding carboxylic acids is 4. The van der Waals surface area contributed by atoms with E-state index in [1.165, 1.54) is 13.8 Å². The van der Waals surface area contributed by atoms with Crippen molar-refractivity contribution in [2.24, 2.45) is 11.8 Å². The van der Waals surface area contributed by atoms with Crippen LogP contribution in [-0.4, -0.2) is 40.6 Å². The van der Waals surface area contributed by atoms with Gasteiger partial charge < -0.3 is 4.74 Å². The lowest BCUT2D eigenvalue weighted by molar-refractivity contribution is -0.159. The van der Waals surface area contributed by atoms with Crippen LogP contribution in [0.4, 0.5) is 0 Å². The summed E-state index contributed by atoms with van der Waals surface area (Å²) in [7, 11) is 0. The van der Waals surface area contributed by atoms with Crippen LogP contribution in [0.1, 0.15) is 46.5 Å². The molecule has 4 atom stereocenters. The Morgan fingerprint density at radius 2 is 1.13 bits per heavy atom. The number of imide groups is 1. The second-order valence-electron chi connectivity index (χ2n) is 10.0. The molecule has 0 saturated carbocycles. The lowest BCUT2D eigenvalue weighted by Gasteiger charge is -2.54. The average molecular weight is 548 g/mol. The summed E-state index contributed by atoms with van der Waals surface area (Å²) in [5.74, 6) is -4.46. The zero-order valence-electron chi connectivity index (χ0n) is 20.6. The Balaban J connectivity index is 1.36. The van der Waals surface area contributed by atoms with Gasteiger partial charge in [0.2, 0.25) is 17.6 Å². The molecule has 1 aliphatic heterocycles. The zero-order valence-corrected chi connectivity index (χ0v) is 22.1. The summed E-state index contributed by atoms with van der Waals surface area (Å²) in [6.45, 7) is 2.88. The number of benzene rings is 3. The van der Waals surface area contributed by atoms with Crippen LogP contribution in [0.3, 0.4) is 0 Å². The number of amides is 2. The van der Waals surface area contributed by atoms with Crippen molar-refractivity contribution >= 4 is 46.8 Å². The van der Waals surface area contributed by atoms with Gasteiger partial charge in [-0.2, -0.15) is 0 Å². The Labute approximate surface area is 229 Å². The maximum atomic E-state index is 14.0. The monoisotopic (exact) mass is 547 g/mol. The highest BCUT2D eigenvalue weighted by atomic mass is 35.5. The maximum absolute atomic E-state index is 14.0. The molecule has 0 N–H and O–H groups in total. The quantitative estimate of drug-likeness (QED) is 0.199. The number of hydrogen-bond donors (Lipinski definition) is 0. The smallest absolute Gasteiger partial charge is 0.329 e. The number of carbonyl (C=O) groups is 4. The highest BCUT2D eigenvalue weighted by Gasteiger charge is 2.73. The van der Waals surface area contributed by atoms with Crippen LogP contribution >= 0.6 is 23.2 Å². The van der Waals surface area contributed by atoms with E-state index in [9.17, 15) is 19.2 Å². The first-order valence-electron chi connectivity index (χ1n) is 12.4. The average Bonchev–Trinajstić information content (AvgIpc) is 3.22. The van der Waals surface area contributed by atoms with Crippen molar-refractivity contribution in [2.75, 3.05) is 0 Å². The Bertz CT molecular complexity index is 1400. The largest absolute Gasteiger partial charge is 0.453 e. The van der Waals surface area contributed by atoms with Crippen LogP contribution in [0.2, 0.25) is 0 Å². The van der Waals surface area contributed by atoms with E-state index in [0.717, 1.165) is 4.90 Å². The minimum absolute atomic E-state index is 0.387. The van der Waals surface area contributed by atoms with Gasteiger partial charge in [-0.25, -0.2) is 4.79 Å². The predicted octanol–water partition coefficient (Wildman–Crippen LogP) is 4.78. The fraction of sp³-hybridized carbons (Fsp3) is 0.267. The predicted molar refractivity (Wildman–Crippen MR) is 141 cm³/mol. The molecule has 0 unspecified atom stereocenters. The molecule has 2 amide bonds. The molecule has 8 heteroatoms. The number of esters is 1. The third-order valence-electron chi connectivity index (χ3n) is 8.07. The number of alkyl halides is 2. The SMILES string of the molecule is C[C@H](OC(=O)[C@H](C)N1C(=O)[C@@H]2[C@H](C1=O)C1(Cl)c3ccccc3C2(Cl)c2ccccc21)C(=O)c1ccccc1. The van der Waals surface area contributed by atoms with Crippen molar-refractivity contribution in [1.82, 2.24) is 4.90 Å². The van der Waals surface area contributed by atoms with Crippen LogP contribution in [-0.2, 0) is 28.9 Å². The molecule has 1 fully saturated rings. The lowest BCUT2D eigenvalue weighted by atomic mass is 9.54. The standard InChI is InChI=1S/C30H23Cl2NO5/c1-16(28(37)38-17(2)25(34)18-10-4-3-5-11-18)33-26(35)23-24(27(33)36)30(32)20-13-7-6-12-19(20)29(23,31)21-14-8-9-15-22(21)30/h3-17,23-24H,1-2H3/t16-,17-,23-,24+,29?,30?/m0/s1. The van der Waals surface area contributed by atoms with E-state index in [-0.39, 0.29) is 5.78 Å². The van der Waals surface area contributed by atoms with Crippen molar-refractivity contribution in [2.45, 2.75) is 35.7 Å². The third kappa shape index (κ3) is 3.07. The van der Waals surface area contributed by atoms with Gasteiger partial charge in [0.1, 0.15) is 15.8 Å². The van der Waals surface area contributed by atoms with Crippen molar-refractivity contribution in [3.05, 3.63) is 107 Å². The topological polar surface area (TPSA) is 80.8 Å². The number of likely N-dealkylation sites (tertiary alicyclic amines) is 1. The van der Waals surface area contributed by atoms with E-state index in [4.69, 9.17) is 27.9 Å². The number of ether oxygens (including phenoxy) is 1. The van der Waals surface area contributed by atoms with Crippen LogP contribution < -0.4 is 0 Å². The van der Waals surface area contributed by atoms with Gasteiger partial charge in [-0.3, -0.25) is 19.3 Å². The van der Waals surface area contributed by atoms with E-state index in [2.05, 4.69) is 0 Å². The summed E-state index contributed by atoms with van der Waals surface area (Å²) in [5.41, 5.74) is 3.10. The van der Waals surface area contributed by atoms with Crippen molar-refractivity contribution in [3.8, 4) is 0 Å². The van der Waals surface area contributed by atoms with Crippen LogP contribution in [0, 0.1) is 11.8 Å². The summed E-state index contributed by atoms with van der Waals surface area (Å²) < 4.78 is 5.43. The molecule has 3 aromatic carbocycles. The number of nitrogens with zero attached hydrogens (tertiary/aromatic N) is 1. The molecule has 38 heavy (non-hydrogen) atoms. The molecule has 3 aliphatic carbocycles. The highest BCUT2D eigenvalue weighted by Crippen LogP contribution is 2.69. The van der Waals surface area contributed by atoms with E-state index in [1.807, 2.05) is 48.5 Å². The minimum Gasteiger partial charge on any atom is -0.453 e. The first kappa shape index (κ1) is 24.8. The number of rotatable bonds is 5. The summed E-state index contributed by atoms with van der Waals surface area (Å²) in [4.78, 5) is 52.1. The normalized spacial score (nSPS) is 28.3. The van der Waals surface area contributed by atoms with E-state index in [1.54, 1.807) is 30.3 Å². The molecule has 3 aromatic rings. The number of hydrogen-bond acceptors (Lipinski definition) is 5. The highest BCUT2D eigenvalue weighted by molar-refractivity contribution is 6.36. The fourth-order valence-corrected chi connectivity index (χ4v) is 7.44. The minimum atomic E-state index is -1.34. The van der Waals surface area contributed by atoms with Gasteiger partial charge in [0.25, 0.3) is 0 Å². The van der Waals surface area contributed by atoms with Gasteiger partial charge in [0, 0.05) is 5.56 Å². The molecular formula is C30H23Cl2NO5. The molecule has 4 aliphatic rings. The van der Waals surface area contributed by atoms with Gasteiger partial charge in [0.15, 0.2) is 6.10 Å². The van der Waals surface area contributed by atoms with Crippen molar-refractivity contribution in [3.63, 3.8) is 0 Å². The molecule has 7 rings (SSSR count). The van der Waals surface area contributed by atoms with Crippen LogP contribution in [0.15, 0.2) is 78.9 Å². The lowest BCUT2D eigenvalue weighted by Crippen LogP contribution is -2.57. The van der Waals surface area contributed by atoms with Gasteiger partial charge in [-0.15, -0.1) is 23.2 Å². The number of halogens is 2. The first-order chi connectivity index (χ1) is 18.1.